The van der Waals surface area contributed by atoms with Crippen LogP contribution in [0.3, 0.4) is 0 Å². The number of aliphatic carboxylic acids is 1. The molecule has 1 aliphatic carbocycles. The second-order valence-electron chi connectivity index (χ2n) is 5.42. The van der Waals surface area contributed by atoms with Crippen LogP contribution in [0.4, 0.5) is 0 Å². The lowest BCUT2D eigenvalue weighted by Crippen LogP contribution is -2.41. The summed E-state index contributed by atoms with van der Waals surface area (Å²) in [5, 5.41) is 10.9. The third-order valence-corrected chi connectivity index (χ3v) is 5.05. The summed E-state index contributed by atoms with van der Waals surface area (Å²) in [4.78, 5) is 17.3. The molecule has 0 saturated carbocycles. The van der Waals surface area contributed by atoms with E-state index in [4.69, 9.17) is 0 Å². The molecule has 20 heavy (non-hydrogen) atoms. The molecule has 104 valence electrons. The second kappa shape index (κ2) is 5.02. The lowest BCUT2D eigenvalue weighted by Gasteiger charge is -2.35. The Morgan fingerprint density at radius 3 is 2.95 bits per heavy atom. The Hall–Kier alpha value is -1.68. The van der Waals surface area contributed by atoms with Crippen molar-refractivity contribution in [2.24, 2.45) is 0 Å². The lowest BCUT2D eigenvalue weighted by molar-refractivity contribution is -0.144. The van der Waals surface area contributed by atoms with Crippen molar-refractivity contribution in [3.63, 3.8) is 0 Å². The van der Waals surface area contributed by atoms with Crippen LogP contribution in [-0.2, 0) is 23.1 Å². The van der Waals surface area contributed by atoms with E-state index < -0.39 is 11.4 Å². The zero-order valence-corrected chi connectivity index (χ0v) is 12.2. The van der Waals surface area contributed by atoms with E-state index >= 15 is 0 Å². The molecule has 1 aliphatic rings. The molecule has 3 nitrogen and oxygen atoms in total. The Morgan fingerprint density at radius 1 is 1.45 bits per heavy atom. The van der Waals surface area contributed by atoms with E-state index in [0.29, 0.717) is 12.8 Å². The minimum Gasteiger partial charge on any atom is -0.481 e. The SMILES string of the molecule is Cc1ncc(CC2(C(=O)O)CCCc3ccccc32)s1. The van der Waals surface area contributed by atoms with Crippen LogP contribution in [0.5, 0.6) is 0 Å². The molecule has 2 aromatic rings. The summed E-state index contributed by atoms with van der Waals surface area (Å²) in [5.41, 5.74) is 1.39. The van der Waals surface area contributed by atoms with Gasteiger partial charge in [-0.05, 0) is 37.3 Å². The first-order valence-corrected chi connectivity index (χ1v) is 7.66. The largest absolute Gasteiger partial charge is 0.481 e. The first kappa shape index (κ1) is 13.3. The summed E-state index contributed by atoms with van der Waals surface area (Å²) in [6.07, 6.45) is 4.98. The van der Waals surface area contributed by atoms with Gasteiger partial charge in [-0.15, -0.1) is 11.3 Å². The molecule has 0 bridgehead atoms. The number of rotatable bonds is 3. The van der Waals surface area contributed by atoms with Gasteiger partial charge in [-0.25, -0.2) is 4.98 Å². The van der Waals surface area contributed by atoms with Gasteiger partial charge in [0.2, 0.25) is 0 Å². The van der Waals surface area contributed by atoms with Gasteiger partial charge in [-0.1, -0.05) is 24.3 Å². The molecule has 0 spiro atoms. The lowest BCUT2D eigenvalue weighted by atomic mass is 9.68. The smallest absolute Gasteiger partial charge is 0.314 e. The first-order valence-electron chi connectivity index (χ1n) is 6.85. The van der Waals surface area contributed by atoms with Crippen molar-refractivity contribution in [1.29, 1.82) is 0 Å². The topological polar surface area (TPSA) is 50.2 Å². The molecule has 0 fully saturated rings. The number of hydrogen-bond acceptors (Lipinski definition) is 3. The van der Waals surface area contributed by atoms with E-state index in [1.807, 2.05) is 31.3 Å². The quantitative estimate of drug-likeness (QED) is 0.941. The Morgan fingerprint density at radius 2 is 2.25 bits per heavy atom. The molecule has 0 saturated heterocycles. The number of aromatic nitrogens is 1. The van der Waals surface area contributed by atoms with Gasteiger partial charge in [0, 0.05) is 17.5 Å². The summed E-state index contributed by atoms with van der Waals surface area (Å²) in [6.45, 7) is 1.95. The third kappa shape index (κ3) is 2.14. The highest BCUT2D eigenvalue weighted by molar-refractivity contribution is 7.11. The zero-order chi connectivity index (χ0) is 14.2. The maximum atomic E-state index is 12.0. The molecule has 0 amide bonds. The number of aryl methyl sites for hydroxylation is 2. The van der Waals surface area contributed by atoms with Crippen LogP contribution >= 0.6 is 11.3 Å². The summed E-state index contributed by atoms with van der Waals surface area (Å²) in [5.74, 6) is -0.712. The highest BCUT2D eigenvalue weighted by atomic mass is 32.1. The average molecular weight is 287 g/mol. The van der Waals surface area contributed by atoms with E-state index in [-0.39, 0.29) is 0 Å². The predicted molar refractivity (Wildman–Crippen MR) is 79.2 cm³/mol. The number of benzene rings is 1. The third-order valence-electron chi connectivity index (χ3n) is 4.14. The van der Waals surface area contributed by atoms with Gasteiger partial charge < -0.3 is 5.11 Å². The highest BCUT2D eigenvalue weighted by Gasteiger charge is 2.43. The molecular formula is C16H17NO2S. The molecule has 0 radical (unpaired) electrons. The number of carbonyl (C=O) groups is 1. The van der Waals surface area contributed by atoms with Crippen molar-refractivity contribution in [3.8, 4) is 0 Å². The molecule has 1 heterocycles. The Bertz CT molecular complexity index is 649. The van der Waals surface area contributed by atoms with E-state index in [9.17, 15) is 9.90 Å². The Kier molecular flexibility index (Phi) is 3.34. The van der Waals surface area contributed by atoms with Crippen LogP contribution in [0, 0.1) is 6.92 Å². The van der Waals surface area contributed by atoms with E-state index in [2.05, 4.69) is 11.1 Å². The molecule has 3 rings (SSSR count). The van der Waals surface area contributed by atoms with Crippen LogP contribution in [0.2, 0.25) is 0 Å². The molecule has 0 aliphatic heterocycles. The molecule has 1 N–H and O–H groups in total. The highest BCUT2D eigenvalue weighted by Crippen LogP contribution is 2.41. The fourth-order valence-electron chi connectivity index (χ4n) is 3.19. The molecule has 1 atom stereocenters. The summed E-state index contributed by atoms with van der Waals surface area (Å²) in [7, 11) is 0. The maximum absolute atomic E-state index is 12.0. The minimum absolute atomic E-state index is 0.546. The van der Waals surface area contributed by atoms with Crippen LogP contribution < -0.4 is 0 Å². The van der Waals surface area contributed by atoms with Crippen molar-refractivity contribution < 1.29 is 9.90 Å². The number of carboxylic acid groups (broad SMARTS) is 1. The monoisotopic (exact) mass is 287 g/mol. The number of hydrogen-bond donors (Lipinski definition) is 1. The van der Waals surface area contributed by atoms with Crippen LogP contribution in [-0.4, -0.2) is 16.1 Å². The van der Waals surface area contributed by atoms with Crippen molar-refractivity contribution in [2.75, 3.05) is 0 Å². The van der Waals surface area contributed by atoms with Crippen LogP contribution in [0.25, 0.3) is 0 Å². The number of carboxylic acids is 1. The fourth-order valence-corrected chi connectivity index (χ4v) is 4.10. The summed E-state index contributed by atoms with van der Waals surface area (Å²) in [6, 6.07) is 7.98. The van der Waals surface area contributed by atoms with Gasteiger partial charge >= 0.3 is 5.97 Å². The van der Waals surface area contributed by atoms with Gasteiger partial charge in [-0.3, -0.25) is 4.79 Å². The number of nitrogens with zero attached hydrogens (tertiary/aromatic N) is 1. The number of thiazole rings is 1. The fraction of sp³-hybridized carbons (Fsp3) is 0.375. The van der Waals surface area contributed by atoms with E-state index in [1.54, 1.807) is 11.3 Å². The van der Waals surface area contributed by atoms with E-state index in [1.165, 1.54) is 5.56 Å². The van der Waals surface area contributed by atoms with Crippen LogP contribution in [0.1, 0.15) is 33.9 Å². The minimum atomic E-state index is -0.784. The van der Waals surface area contributed by atoms with Gasteiger partial charge in [0.1, 0.15) is 0 Å². The van der Waals surface area contributed by atoms with E-state index in [0.717, 1.165) is 28.3 Å². The van der Waals surface area contributed by atoms with Crippen LogP contribution in [0.15, 0.2) is 30.5 Å². The second-order valence-corrected chi connectivity index (χ2v) is 6.74. The predicted octanol–water partition coefficient (Wildman–Crippen LogP) is 3.35. The van der Waals surface area contributed by atoms with Crippen molar-refractivity contribution in [1.82, 2.24) is 4.98 Å². The van der Waals surface area contributed by atoms with Crippen molar-refractivity contribution in [3.05, 3.63) is 51.5 Å². The standard InChI is InChI=1S/C16H17NO2S/c1-11-17-10-13(20-11)9-16(15(18)19)8-4-6-12-5-2-3-7-14(12)16/h2-3,5,7,10H,4,6,8-9H2,1H3,(H,18,19). The first-order chi connectivity index (χ1) is 9.62. The zero-order valence-electron chi connectivity index (χ0n) is 11.4. The molecule has 1 unspecified atom stereocenters. The molecule has 4 heteroatoms. The average Bonchev–Trinajstić information content (AvgIpc) is 2.84. The Labute approximate surface area is 122 Å². The summed E-state index contributed by atoms with van der Waals surface area (Å²) >= 11 is 1.60. The number of fused-ring (bicyclic) bond motifs is 1. The maximum Gasteiger partial charge on any atom is 0.314 e. The normalized spacial score (nSPS) is 21.4. The molecule has 1 aromatic heterocycles. The van der Waals surface area contributed by atoms with Gasteiger partial charge in [0.15, 0.2) is 0 Å². The molecular weight excluding hydrogens is 270 g/mol. The molecule has 1 aromatic carbocycles. The Balaban J connectivity index is 2.07. The van der Waals surface area contributed by atoms with Gasteiger partial charge in [0.05, 0.1) is 10.4 Å². The summed E-state index contributed by atoms with van der Waals surface area (Å²) < 4.78 is 0. The van der Waals surface area contributed by atoms with Gasteiger partial charge in [-0.2, -0.15) is 0 Å². The van der Waals surface area contributed by atoms with Gasteiger partial charge in [0.25, 0.3) is 0 Å². The van der Waals surface area contributed by atoms with Crippen molar-refractivity contribution in [2.45, 2.75) is 38.0 Å². The van der Waals surface area contributed by atoms with Crippen molar-refractivity contribution >= 4 is 17.3 Å².